The summed E-state index contributed by atoms with van der Waals surface area (Å²) in [6.45, 7) is -4.36. The zero-order valence-electron chi connectivity index (χ0n) is 5.96. The van der Waals surface area contributed by atoms with Crippen LogP contribution < -0.4 is 4.98 Å². The summed E-state index contributed by atoms with van der Waals surface area (Å²) in [5.41, 5.74) is 0. The first-order valence-corrected chi connectivity index (χ1v) is 2.95. The number of hydrogen-bond acceptors (Lipinski definition) is 2. The summed E-state index contributed by atoms with van der Waals surface area (Å²) in [5.74, 6) is 1.12. The van der Waals surface area contributed by atoms with E-state index in [4.69, 9.17) is 10.5 Å². The first-order chi connectivity index (χ1) is 5.62. The first-order valence-electron chi connectivity index (χ1n) is 2.95. The Morgan fingerprint density at radius 2 is 1.92 bits per heavy atom. The minimum absolute atomic E-state index is 0.559. The summed E-state index contributed by atoms with van der Waals surface area (Å²) >= 11 is 0. The van der Waals surface area contributed by atoms with Crippen LogP contribution in [0, 0.1) is 22.5 Å². The number of imidazole rings is 1. The standard InChI is InChI=1S/C3H4N2.C2BF2N2/c1-2-5-3-4-1;4-3(5,1-6)2-7/h1-3H,(H,4,5);/q;-1/p+1. The van der Waals surface area contributed by atoms with Gasteiger partial charge in [-0.1, -0.05) is 11.9 Å². The van der Waals surface area contributed by atoms with E-state index in [1.165, 1.54) is 0 Å². The Hall–Kier alpha value is -1.89. The van der Waals surface area contributed by atoms with E-state index in [1.807, 2.05) is 12.4 Å². The fraction of sp³-hybridized carbons (Fsp3) is 0. The maximum absolute atomic E-state index is 11.2. The molecule has 4 nitrogen and oxygen atoms in total. The molecule has 0 saturated heterocycles. The van der Waals surface area contributed by atoms with Gasteiger partial charge in [-0.25, -0.2) is 10.5 Å². The molecule has 1 heterocycles. The predicted octanol–water partition coefficient (Wildman–Crippen LogP) is 0.322. The monoisotopic (exact) mass is 170 g/mol. The van der Waals surface area contributed by atoms with Gasteiger partial charge >= 0.3 is 6.70 Å². The number of nitriles is 2. The zero-order chi connectivity index (χ0) is 9.45. The number of nitrogens with zero attached hydrogens (tertiary/aromatic N) is 2. The van der Waals surface area contributed by atoms with Crippen molar-refractivity contribution in [3.63, 3.8) is 0 Å². The maximum atomic E-state index is 11.2. The van der Waals surface area contributed by atoms with Gasteiger partial charge < -0.3 is 8.63 Å². The van der Waals surface area contributed by atoms with E-state index in [2.05, 4.69) is 9.97 Å². The molecule has 0 saturated carbocycles. The van der Waals surface area contributed by atoms with Crippen LogP contribution in [0.1, 0.15) is 0 Å². The fourth-order valence-corrected chi connectivity index (χ4v) is 0.269. The van der Waals surface area contributed by atoms with E-state index in [9.17, 15) is 8.63 Å². The molecule has 0 radical (unpaired) electrons. The van der Waals surface area contributed by atoms with Crippen LogP contribution in [0.5, 0.6) is 0 Å². The lowest BCUT2D eigenvalue weighted by Gasteiger charge is -1.97. The molecule has 0 aliphatic rings. The second kappa shape index (κ2) is 4.86. The Labute approximate surface area is 67.5 Å². The molecule has 0 aliphatic heterocycles. The van der Waals surface area contributed by atoms with Gasteiger partial charge in [-0.3, -0.25) is 9.97 Å². The van der Waals surface area contributed by atoms with Crippen LogP contribution in [-0.2, 0) is 0 Å². The largest absolute Gasteiger partial charge is 0.504 e. The highest BCUT2D eigenvalue weighted by Gasteiger charge is 2.20. The molecule has 0 aromatic carbocycles. The molecule has 0 bridgehead atoms. The Kier molecular flexibility index (Phi) is 4.10. The van der Waals surface area contributed by atoms with Crippen LogP contribution in [-0.4, -0.2) is 11.7 Å². The third-order valence-electron chi connectivity index (χ3n) is 0.767. The summed E-state index contributed by atoms with van der Waals surface area (Å²) in [5, 5.41) is 14.8. The van der Waals surface area contributed by atoms with Gasteiger partial charge in [0, 0.05) is 0 Å². The van der Waals surface area contributed by atoms with Gasteiger partial charge in [0.25, 0.3) is 0 Å². The van der Waals surface area contributed by atoms with Gasteiger partial charge in [0.2, 0.25) is 6.33 Å². The molecule has 0 spiro atoms. The van der Waals surface area contributed by atoms with E-state index < -0.39 is 6.70 Å². The first kappa shape index (κ1) is 10.1. The topological polar surface area (TPSA) is 77.5 Å². The molecule has 1 rings (SSSR count). The summed E-state index contributed by atoms with van der Waals surface area (Å²) in [4.78, 5) is 5.61. The highest BCUT2D eigenvalue weighted by molar-refractivity contribution is 6.81. The van der Waals surface area contributed by atoms with Gasteiger partial charge in [-0.05, 0) is 0 Å². The number of aromatic nitrogens is 2. The molecular weight excluding hydrogens is 165 g/mol. The summed E-state index contributed by atoms with van der Waals surface area (Å²) in [6, 6.07) is 0. The van der Waals surface area contributed by atoms with Crippen molar-refractivity contribution >= 4 is 6.70 Å². The van der Waals surface area contributed by atoms with Gasteiger partial charge in [0.15, 0.2) is 0 Å². The van der Waals surface area contributed by atoms with Crippen molar-refractivity contribution < 1.29 is 13.6 Å². The Morgan fingerprint density at radius 1 is 1.33 bits per heavy atom. The molecule has 2 N–H and O–H groups in total. The van der Waals surface area contributed by atoms with Crippen molar-refractivity contribution in [2.24, 2.45) is 0 Å². The van der Waals surface area contributed by atoms with Gasteiger partial charge in [-0.15, -0.1) is 0 Å². The van der Waals surface area contributed by atoms with Crippen LogP contribution >= 0.6 is 0 Å². The highest BCUT2D eigenvalue weighted by Crippen LogP contribution is 1.99. The second-order valence-electron chi connectivity index (χ2n) is 1.73. The molecule has 7 heteroatoms. The number of aromatic amines is 2. The SMILES string of the molecule is N#C[B-](F)(F)C#N.c1c[nH+]c[nH]1. The van der Waals surface area contributed by atoms with Gasteiger partial charge in [-0.2, -0.15) is 0 Å². The van der Waals surface area contributed by atoms with Crippen molar-refractivity contribution in [1.29, 1.82) is 10.5 Å². The molecule has 0 amide bonds. The zero-order valence-corrected chi connectivity index (χ0v) is 5.96. The Balaban J connectivity index is 0.000000211. The smallest absolute Gasteiger partial charge is 0.453 e. The number of H-pyrrole nitrogens is 2. The van der Waals surface area contributed by atoms with Crippen molar-refractivity contribution in [3.8, 4) is 11.9 Å². The van der Waals surface area contributed by atoms with Gasteiger partial charge in [0.05, 0.1) is 0 Å². The van der Waals surface area contributed by atoms with Crippen molar-refractivity contribution in [1.82, 2.24) is 4.98 Å². The van der Waals surface area contributed by atoms with E-state index in [0.717, 1.165) is 0 Å². The average molecular weight is 170 g/mol. The van der Waals surface area contributed by atoms with E-state index in [-0.39, 0.29) is 0 Å². The molecule has 12 heavy (non-hydrogen) atoms. The van der Waals surface area contributed by atoms with E-state index >= 15 is 0 Å². The number of nitrogens with one attached hydrogen (secondary N) is 2. The minimum atomic E-state index is -4.36. The molecule has 1 aromatic heterocycles. The van der Waals surface area contributed by atoms with Crippen molar-refractivity contribution in [2.45, 2.75) is 0 Å². The Morgan fingerprint density at radius 3 is 2.00 bits per heavy atom. The lowest BCUT2D eigenvalue weighted by Crippen LogP contribution is -2.15. The summed E-state index contributed by atoms with van der Waals surface area (Å²) < 4.78 is 22.4. The number of rotatable bonds is 0. The molecular formula is C5H5BF2N4. The lowest BCUT2D eigenvalue weighted by atomic mass is 9.70. The number of hydrogen-bond donors (Lipinski definition) is 1. The van der Waals surface area contributed by atoms with Crippen LogP contribution in [0.4, 0.5) is 8.63 Å². The van der Waals surface area contributed by atoms with E-state index in [1.54, 1.807) is 6.33 Å². The third kappa shape index (κ3) is 4.94. The van der Waals surface area contributed by atoms with Crippen LogP contribution in [0.2, 0.25) is 0 Å². The normalized spacial score (nSPS) is 8.67. The third-order valence-corrected chi connectivity index (χ3v) is 0.767. The predicted molar refractivity (Wildman–Crippen MR) is 36.5 cm³/mol. The molecule has 0 atom stereocenters. The van der Waals surface area contributed by atoms with Crippen LogP contribution in [0.25, 0.3) is 0 Å². The second-order valence-corrected chi connectivity index (χ2v) is 1.73. The fourth-order valence-electron chi connectivity index (χ4n) is 0.269. The highest BCUT2D eigenvalue weighted by atomic mass is 19.2. The van der Waals surface area contributed by atoms with Gasteiger partial charge in [0.1, 0.15) is 12.4 Å². The molecule has 0 fully saturated rings. The quantitative estimate of drug-likeness (QED) is 0.569. The molecule has 62 valence electrons. The number of halogens is 2. The molecule has 1 aromatic rings. The van der Waals surface area contributed by atoms with Crippen molar-refractivity contribution in [3.05, 3.63) is 18.7 Å². The maximum Gasteiger partial charge on any atom is 0.504 e. The van der Waals surface area contributed by atoms with E-state index in [0.29, 0.717) is 11.9 Å². The Bertz CT molecular complexity index is 250. The van der Waals surface area contributed by atoms with Crippen LogP contribution in [0.15, 0.2) is 18.7 Å². The molecule has 0 unspecified atom stereocenters. The van der Waals surface area contributed by atoms with Crippen molar-refractivity contribution in [2.75, 3.05) is 0 Å². The summed E-state index contributed by atoms with van der Waals surface area (Å²) in [6.07, 6.45) is 5.39. The average Bonchev–Trinajstić information content (AvgIpc) is 2.62. The summed E-state index contributed by atoms with van der Waals surface area (Å²) in [7, 11) is 0. The lowest BCUT2D eigenvalue weighted by molar-refractivity contribution is -0.375. The minimum Gasteiger partial charge on any atom is -0.453 e. The van der Waals surface area contributed by atoms with Crippen LogP contribution in [0.3, 0.4) is 0 Å². The molecule has 0 aliphatic carbocycles.